The number of rotatable bonds is 4. The highest BCUT2D eigenvalue weighted by molar-refractivity contribution is 6.00. The molecule has 0 aliphatic carbocycles. The van der Waals surface area contributed by atoms with Crippen molar-refractivity contribution < 1.29 is 24.3 Å². The summed E-state index contributed by atoms with van der Waals surface area (Å²) in [5.41, 5.74) is 2.36. The Labute approximate surface area is 149 Å². The van der Waals surface area contributed by atoms with Crippen molar-refractivity contribution >= 4 is 22.6 Å². The first-order chi connectivity index (χ1) is 12.6. The van der Waals surface area contributed by atoms with E-state index in [2.05, 4.69) is 5.48 Å². The third kappa shape index (κ3) is 3.75. The highest BCUT2D eigenvalue weighted by Crippen LogP contribution is 2.25. The molecule has 0 aliphatic heterocycles. The van der Waals surface area contributed by atoms with Gasteiger partial charge in [-0.1, -0.05) is 24.3 Å². The number of benzene rings is 3. The van der Waals surface area contributed by atoms with Crippen molar-refractivity contribution in [3.63, 3.8) is 0 Å². The van der Waals surface area contributed by atoms with Gasteiger partial charge in [-0.3, -0.25) is 4.79 Å². The summed E-state index contributed by atoms with van der Waals surface area (Å²) in [5.74, 6) is -1.01. The minimum atomic E-state index is -0.854. The summed E-state index contributed by atoms with van der Waals surface area (Å²) in [6, 6.07) is 16.7. The lowest BCUT2D eigenvalue weighted by atomic mass is 10.1. The van der Waals surface area contributed by atoms with Crippen molar-refractivity contribution in [2.75, 3.05) is 6.61 Å². The molecule has 0 radical (unpaired) electrons. The second-order valence-electron chi connectivity index (χ2n) is 5.49. The minimum Gasteiger partial charge on any atom is -0.507 e. The molecule has 132 valence electrons. The van der Waals surface area contributed by atoms with Crippen LogP contribution in [0.1, 0.15) is 27.6 Å². The molecule has 0 aliphatic rings. The SMILES string of the molecule is CCOc1ccc(C(=O)NOC(=O)c2cc3ccccc3cc2O)cc1. The summed E-state index contributed by atoms with van der Waals surface area (Å²) < 4.78 is 5.30. The van der Waals surface area contributed by atoms with E-state index in [4.69, 9.17) is 9.57 Å². The standard InChI is InChI=1S/C20H17NO5/c1-2-25-16-9-7-13(8-10-16)19(23)21-26-20(24)17-11-14-5-3-4-6-15(14)12-18(17)22/h3-12,22H,2H2,1H3,(H,21,23). The highest BCUT2D eigenvalue weighted by Gasteiger charge is 2.16. The summed E-state index contributed by atoms with van der Waals surface area (Å²) in [4.78, 5) is 29.0. The number of phenolic OH excluding ortho intramolecular Hbond substituents is 1. The fraction of sp³-hybridized carbons (Fsp3) is 0.100. The van der Waals surface area contributed by atoms with Crippen molar-refractivity contribution in [3.8, 4) is 11.5 Å². The quantitative estimate of drug-likeness (QED) is 0.703. The van der Waals surface area contributed by atoms with Crippen LogP contribution < -0.4 is 10.2 Å². The first kappa shape index (κ1) is 17.3. The van der Waals surface area contributed by atoms with Crippen LogP contribution in [0.3, 0.4) is 0 Å². The van der Waals surface area contributed by atoms with Crippen molar-refractivity contribution in [1.82, 2.24) is 5.48 Å². The molecule has 1 amide bonds. The maximum Gasteiger partial charge on any atom is 0.366 e. The van der Waals surface area contributed by atoms with Gasteiger partial charge in [0.1, 0.15) is 17.1 Å². The first-order valence-electron chi connectivity index (χ1n) is 8.04. The van der Waals surface area contributed by atoms with Crippen molar-refractivity contribution in [2.24, 2.45) is 0 Å². The average Bonchev–Trinajstić information content (AvgIpc) is 2.66. The van der Waals surface area contributed by atoms with Crippen LogP contribution >= 0.6 is 0 Å². The fourth-order valence-electron chi connectivity index (χ4n) is 2.47. The number of hydroxylamine groups is 1. The lowest BCUT2D eigenvalue weighted by Crippen LogP contribution is -2.27. The van der Waals surface area contributed by atoms with Gasteiger partial charge in [0.05, 0.1) is 6.61 Å². The average molecular weight is 351 g/mol. The van der Waals surface area contributed by atoms with Crippen LogP contribution in [0.2, 0.25) is 0 Å². The van der Waals surface area contributed by atoms with Gasteiger partial charge < -0.3 is 14.7 Å². The van der Waals surface area contributed by atoms with E-state index in [1.165, 1.54) is 12.1 Å². The zero-order chi connectivity index (χ0) is 18.5. The monoisotopic (exact) mass is 351 g/mol. The number of amides is 1. The summed E-state index contributed by atoms with van der Waals surface area (Å²) in [6.07, 6.45) is 0. The molecule has 0 aromatic heterocycles. The molecule has 0 saturated carbocycles. The molecule has 0 unspecified atom stereocenters. The second kappa shape index (κ2) is 7.57. The number of ether oxygens (including phenoxy) is 1. The maximum atomic E-state index is 12.2. The molecule has 0 saturated heterocycles. The maximum absolute atomic E-state index is 12.2. The Balaban J connectivity index is 1.68. The van der Waals surface area contributed by atoms with E-state index in [9.17, 15) is 14.7 Å². The van der Waals surface area contributed by atoms with Gasteiger partial charge in [-0.15, -0.1) is 0 Å². The van der Waals surface area contributed by atoms with Crippen LogP contribution in [0.4, 0.5) is 0 Å². The Morgan fingerprint density at radius 2 is 1.65 bits per heavy atom. The van der Waals surface area contributed by atoms with Gasteiger partial charge >= 0.3 is 5.97 Å². The van der Waals surface area contributed by atoms with Crippen LogP contribution in [0.15, 0.2) is 60.7 Å². The van der Waals surface area contributed by atoms with E-state index >= 15 is 0 Å². The van der Waals surface area contributed by atoms with Crippen molar-refractivity contribution in [3.05, 3.63) is 71.8 Å². The summed E-state index contributed by atoms with van der Waals surface area (Å²) in [7, 11) is 0. The topological polar surface area (TPSA) is 84.9 Å². The van der Waals surface area contributed by atoms with Crippen LogP contribution in [-0.2, 0) is 4.84 Å². The van der Waals surface area contributed by atoms with Gasteiger partial charge in [-0.05, 0) is 54.1 Å². The minimum absolute atomic E-state index is 0.0318. The molecule has 6 heteroatoms. The van der Waals surface area contributed by atoms with Gasteiger partial charge in [-0.2, -0.15) is 5.48 Å². The van der Waals surface area contributed by atoms with Gasteiger partial charge in [-0.25, -0.2) is 4.79 Å². The number of phenols is 1. The molecule has 6 nitrogen and oxygen atoms in total. The molecule has 3 rings (SSSR count). The number of nitrogens with one attached hydrogen (secondary N) is 1. The Morgan fingerprint density at radius 3 is 2.31 bits per heavy atom. The van der Waals surface area contributed by atoms with Gasteiger partial charge in [0.2, 0.25) is 0 Å². The Hall–Kier alpha value is -3.54. The molecule has 3 aromatic rings. The Kier molecular flexibility index (Phi) is 5.03. The van der Waals surface area contributed by atoms with Crippen LogP contribution in [-0.4, -0.2) is 23.6 Å². The lowest BCUT2D eigenvalue weighted by Gasteiger charge is -2.09. The van der Waals surface area contributed by atoms with E-state index in [0.717, 1.165) is 10.8 Å². The van der Waals surface area contributed by atoms with Crippen LogP contribution in [0.5, 0.6) is 11.5 Å². The van der Waals surface area contributed by atoms with E-state index in [1.807, 2.05) is 31.2 Å². The molecule has 0 heterocycles. The van der Waals surface area contributed by atoms with E-state index < -0.39 is 11.9 Å². The van der Waals surface area contributed by atoms with E-state index in [0.29, 0.717) is 17.9 Å². The molecule has 0 bridgehead atoms. The highest BCUT2D eigenvalue weighted by atomic mass is 16.7. The lowest BCUT2D eigenvalue weighted by molar-refractivity contribution is 0.0227. The zero-order valence-corrected chi connectivity index (χ0v) is 14.1. The van der Waals surface area contributed by atoms with Crippen LogP contribution in [0, 0.1) is 0 Å². The van der Waals surface area contributed by atoms with Crippen molar-refractivity contribution in [1.29, 1.82) is 0 Å². The number of hydrogen-bond donors (Lipinski definition) is 2. The van der Waals surface area contributed by atoms with Crippen LogP contribution in [0.25, 0.3) is 10.8 Å². The van der Waals surface area contributed by atoms with Gasteiger partial charge in [0, 0.05) is 5.56 Å². The first-order valence-corrected chi connectivity index (χ1v) is 8.04. The number of aromatic hydroxyl groups is 1. The Bertz CT molecular complexity index is 950. The molecular weight excluding hydrogens is 334 g/mol. The predicted molar refractivity (Wildman–Crippen MR) is 96.1 cm³/mol. The largest absolute Gasteiger partial charge is 0.507 e. The molecular formula is C20H17NO5. The van der Waals surface area contributed by atoms with E-state index in [-0.39, 0.29) is 11.3 Å². The fourth-order valence-corrected chi connectivity index (χ4v) is 2.47. The summed E-state index contributed by atoms with van der Waals surface area (Å²) in [6.45, 7) is 2.39. The smallest absolute Gasteiger partial charge is 0.366 e. The number of carbonyl (C=O) groups is 2. The molecule has 3 aromatic carbocycles. The Morgan fingerprint density at radius 1 is 1.00 bits per heavy atom. The third-order valence-corrected chi connectivity index (χ3v) is 3.75. The summed E-state index contributed by atoms with van der Waals surface area (Å²) >= 11 is 0. The number of carbonyl (C=O) groups excluding carboxylic acids is 2. The molecule has 2 N–H and O–H groups in total. The molecule has 26 heavy (non-hydrogen) atoms. The zero-order valence-electron chi connectivity index (χ0n) is 14.1. The number of fused-ring (bicyclic) bond motifs is 1. The molecule has 0 atom stereocenters. The summed E-state index contributed by atoms with van der Waals surface area (Å²) in [5, 5.41) is 11.6. The van der Waals surface area contributed by atoms with Crippen molar-refractivity contribution in [2.45, 2.75) is 6.92 Å². The van der Waals surface area contributed by atoms with Gasteiger partial charge in [0.15, 0.2) is 0 Å². The number of hydrogen-bond acceptors (Lipinski definition) is 5. The van der Waals surface area contributed by atoms with E-state index in [1.54, 1.807) is 24.3 Å². The van der Waals surface area contributed by atoms with Gasteiger partial charge in [0.25, 0.3) is 5.91 Å². The molecule has 0 fully saturated rings. The predicted octanol–water partition coefficient (Wildman–Crippen LogP) is 3.45. The third-order valence-electron chi connectivity index (χ3n) is 3.75. The second-order valence-corrected chi connectivity index (χ2v) is 5.49. The molecule has 0 spiro atoms. The normalized spacial score (nSPS) is 10.3.